The monoisotopic (exact) mass is 194 g/mol. The summed E-state index contributed by atoms with van der Waals surface area (Å²) in [5, 5.41) is 2.45. The molecule has 0 aliphatic heterocycles. The van der Waals surface area contributed by atoms with E-state index >= 15 is 0 Å². The maximum atomic E-state index is 11.4. The van der Waals surface area contributed by atoms with Crippen LogP contribution < -0.4 is 15.6 Å². The van der Waals surface area contributed by atoms with Crippen LogP contribution in [0.1, 0.15) is 20.8 Å². The molecule has 0 unspecified atom stereocenters. The number of amides is 2. The summed E-state index contributed by atoms with van der Waals surface area (Å²) in [5.74, 6) is -0.943. The zero-order valence-electron chi connectivity index (χ0n) is 8.07. The van der Waals surface area contributed by atoms with Crippen LogP contribution in [-0.4, -0.2) is 18.9 Å². The van der Waals surface area contributed by atoms with Gasteiger partial charge >= 0.3 is 5.91 Å². The molecule has 3 N–H and O–H groups in total. The molecule has 0 radical (unpaired) electrons. The van der Waals surface area contributed by atoms with Crippen molar-refractivity contribution in [2.24, 2.45) is 12.8 Å². The number of rotatable bonds is 2. The van der Waals surface area contributed by atoms with Crippen LogP contribution in [0, 0.1) is 0 Å². The van der Waals surface area contributed by atoms with Gasteiger partial charge in [0.2, 0.25) is 0 Å². The number of carbonyl (C=O) groups excluding carboxylic acids is 2. The molecule has 1 aromatic rings. The lowest BCUT2D eigenvalue weighted by atomic mass is 10.1. The summed E-state index contributed by atoms with van der Waals surface area (Å²) in [6.45, 7) is 0. The Morgan fingerprint density at radius 3 is 2.64 bits per heavy atom. The first-order valence-electron chi connectivity index (χ1n) is 4.08. The van der Waals surface area contributed by atoms with Gasteiger partial charge in [-0.3, -0.25) is 9.59 Å². The molecule has 0 spiro atoms. The number of pyridine rings is 1. The van der Waals surface area contributed by atoms with E-state index in [0.717, 1.165) is 0 Å². The van der Waals surface area contributed by atoms with Gasteiger partial charge < -0.3 is 11.1 Å². The minimum absolute atomic E-state index is 0.217. The molecule has 14 heavy (non-hydrogen) atoms. The number of primary amides is 1. The fourth-order valence-electron chi connectivity index (χ4n) is 1.21. The largest absolute Gasteiger partial charge is 0.365 e. The van der Waals surface area contributed by atoms with Gasteiger partial charge in [-0.1, -0.05) is 0 Å². The first-order valence-corrected chi connectivity index (χ1v) is 4.08. The normalized spacial score (nSPS) is 9.57. The highest BCUT2D eigenvalue weighted by Crippen LogP contribution is 2.01. The quantitative estimate of drug-likeness (QED) is 0.590. The van der Waals surface area contributed by atoms with Crippen molar-refractivity contribution in [2.75, 3.05) is 7.05 Å². The van der Waals surface area contributed by atoms with Crippen molar-refractivity contribution >= 4 is 11.8 Å². The number of hydrogen-bond acceptors (Lipinski definition) is 2. The number of carbonyl (C=O) groups is 2. The molecule has 74 valence electrons. The lowest BCUT2D eigenvalue weighted by Crippen LogP contribution is -2.42. The summed E-state index contributed by atoms with van der Waals surface area (Å²) in [5.41, 5.74) is 5.63. The summed E-state index contributed by atoms with van der Waals surface area (Å²) < 4.78 is 1.55. The Bertz CT molecular complexity index is 388. The SMILES string of the molecule is CNC(=O)c1c(C(N)=O)ccc[n+]1C. The topological polar surface area (TPSA) is 76.1 Å². The van der Waals surface area contributed by atoms with Crippen molar-refractivity contribution in [1.29, 1.82) is 0 Å². The van der Waals surface area contributed by atoms with Gasteiger partial charge in [-0.05, 0) is 6.07 Å². The van der Waals surface area contributed by atoms with Gasteiger partial charge in [0.1, 0.15) is 12.6 Å². The Hall–Kier alpha value is -1.91. The van der Waals surface area contributed by atoms with Gasteiger partial charge in [-0.2, -0.15) is 4.57 Å². The molecular formula is C9H12N3O2+. The average molecular weight is 194 g/mol. The molecule has 1 heterocycles. The van der Waals surface area contributed by atoms with E-state index in [1.807, 2.05) is 0 Å². The highest BCUT2D eigenvalue weighted by molar-refractivity contribution is 6.04. The van der Waals surface area contributed by atoms with Gasteiger partial charge in [0, 0.05) is 13.1 Å². The summed E-state index contributed by atoms with van der Waals surface area (Å²) in [4.78, 5) is 22.4. The van der Waals surface area contributed by atoms with Gasteiger partial charge in [-0.15, -0.1) is 0 Å². The molecule has 0 aliphatic rings. The number of nitrogens with two attached hydrogens (primary N) is 1. The zero-order chi connectivity index (χ0) is 10.7. The van der Waals surface area contributed by atoms with Crippen LogP contribution in [0.15, 0.2) is 18.3 Å². The molecule has 1 rings (SSSR count). The number of aryl methyl sites for hydroxylation is 1. The van der Waals surface area contributed by atoms with Crippen LogP contribution in [0.4, 0.5) is 0 Å². The predicted molar refractivity (Wildman–Crippen MR) is 49.5 cm³/mol. The molecular weight excluding hydrogens is 182 g/mol. The summed E-state index contributed by atoms with van der Waals surface area (Å²) >= 11 is 0. The minimum atomic E-state index is -0.611. The Morgan fingerprint density at radius 2 is 2.14 bits per heavy atom. The van der Waals surface area contributed by atoms with E-state index in [0.29, 0.717) is 0 Å². The molecule has 0 atom stereocenters. The number of nitrogens with one attached hydrogen (secondary N) is 1. The second kappa shape index (κ2) is 3.87. The second-order valence-electron chi connectivity index (χ2n) is 2.82. The van der Waals surface area contributed by atoms with E-state index in [-0.39, 0.29) is 17.2 Å². The Labute approximate surface area is 81.5 Å². The van der Waals surface area contributed by atoms with Gasteiger partial charge in [0.05, 0.1) is 0 Å². The average Bonchev–Trinajstić information content (AvgIpc) is 2.16. The number of hydrogen-bond donors (Lipinski definition) is 2. The van der Waals surface area contributed by atoms with Crippen LogP contribution in [0.3, 0.4) is 0 Å². The van der Waals surface area contributed by atoms with Crippen LogP contribution in [0.5, 0.6) is 0 Å². The molecule has 0 aromatic carbocycles. The van der Waals surface area contributed by atoms with Crippen molar-refractivity contribution in [3.05, 3.63) is 29.6 Å². The third-order valence-corrected chi connectivity index (χ3v) is 1.89. The highest BCUT2D eigenvalue weighted by Gasteiger charge is 2.23. The number of nitrogens with zero attached hydrogens (tertiary/aromatic N) is 1. The second-order valence-corrected chi connectivity index (χ2v) is 2.82. The molecule has 0 saturated carbocycles. The Morgan fingerprint density at radius 1 is 1.50 bits per heavy atom. The molecule has 5 nitrogen and oxygen atoms in total. The maximum Gasteiger partial charge on any atom is 0.316 e. The summed E-state index contributed by atoms with van der Waals surface area (Å²) in [6, 6.07) is 3.18. The van der Waals surface area contributed by atoms with Crippen molar-refractivity contribution < 1.29 is 14.2 Å². The van der Waals surface area contributed by atoms with Crippen LogP contribution >= 0.6 is 0 Å². The van der Waals surface area contributed by atoms with E-state index in [1.165, 1.54) is 13.1 Å². The van der Waals surface area contributed by atoms with E-state index < -0.39 is 5.91 Å². The minimum Gasteiger partial charge on any atom is -0.365 e. The molecule has 0 bridgehead atoms. The summed E-state index contributed by atoms with van der Waals surface area (Å²) in [7, 11) is 3.18. The van der Waals surface area contributed by atoms with Gasteiger partial charge in [0.15, 0.2) is 6.20 Å². The number of aromatic nitrogens is 1. The third-order valence-electron chi connectivity index (χ3n) is 1.89. The molecule has 0 aliphatic carbocycles. The molecule has 0 saturated heterocycles. The molecule has 0 fully saturated rings. The Kier molecular flexibility index (Phi) is 2.81. The van der Waals surface area contributed by atoms with E-state index in [2.05, 4.69) is 5.32 Å². The van der Waals surface area contributed by atoms with Crippen LogP contribution in [0.25, 0.3) is 0 Å². The van der Waals surface area contributed by atoms with E-state index in [4.69, 9.17) is 5.73 Å². The first kappa shape index (κ1) is 10.2. The van der Waals surface area contributed by atoms with Crippen molar-refractivity contribution in [2.45, 2.75) is 0 Å². The van der Waals surface area contributed by atoms with E-state index in [9.17, 15) is 9.59 Å². The lowest BCUT2D eigenvalue weighted by molar-refractivity contribution is -0.673. The molecule has 1 aromatic heterocycles. The summed E-state index contributed by atoms with van der Waals surface area (Å²) in [6.07, 6.45) is 1.68. The Balaban J connectivity index is 3.36. The van der Waals surface area contributed by atoms with E-state index in [1.54, 1.807) is 23.9 Å². The molecule has 2 amide bonds. The standard InChI is InChI=1S/C9H11N3O2/c1-11-9(14)7-6(8(10)13)4-3-5-12(7)2/h3-5H,1-2H3,(H2-,10,11,13,14)/p+1. The first-order chi connectivity index (χ1) is 6.57. The fraction of sp³-hybridized carbons (Fsp3) is 0.222. The third kappa shape index (κ3) is 1.71. The smallest absolute Gasteiger partial charge is 0.316 e. The van der Waals surface area contributed by atoms with Gasteiger partial charge in [-0.25, -0.2) is 0 Å². The van der Waals surface area contributed by atoms with Crippen molar-refractivity contribution in [3.8, 4) is 0 Å². The zero-order valence-corrected chi connectivity index (χ0v) is 8.07. The van der Waals surface area contributed by atoms with Crippen LogP contribution in [0.2, 0.25) is 0 Å². The van der Waals surface area contributed by atoms with Crippen molar-refractivity contribution in [3.63, 3.8) is 0 Å². The highest BCUT2D eigenvalue weighted by atomic mass is 16.2. The lowest BCUT2D eigenvalue weighted by Gasteiger charge is -2.02. The predicted octanol–water partition coefficient (Wildman–Crippen LogP) is -1.03. The fourth-order valence-corrected chi connectivity index (χ4v) is 1.21. The van der Waals surface area contributed by atoms with Crippen LogP contribution in [-0.2, 0) is 7.05 Å². The van der Waals surface area contributed by atoms with Gasteiger partial charge in [0.25, 0.3) is 11.6 Å². The van der Waals surface area contributed by atoms with Crippen molar-refractivity contribution in [1.82, 2.24) is 5.32 Å². The molecule has 5 heteroatoms. The maximum absolute atomic E-state index is 11.4.